The quantitative estimate of drug-likeness (QED) is 0.639. The number of carbonyl (C=O) groups excluding carboxylic acids is 2. The van der Waals surface area contributed by atoms with E-state index in [0.29, 0.717) is 5.69 Å². The van der Waals surface area contributed by atoms with Gasteiger partial charge >= 0.3 is 12.0 Å². The number of carbonyl (C=O) groups is 3. The molecule has 4 N–H and O–H groups in total. The number of rotatable bonds is 5. The average Bonchev–Trinajstić information content (AvgIpc) is 2.43. The molecule has 7 nitrogen and oxygen atoms in total. The van der Waals surface area contributed by atoms with E-state index in [2.05, 4.69) is 16.0 Å². The van der Waals surface area contributed by atoms with E-state index in [1.54, 1.807) is 19.9 Å². The lowest BCUT2D eigenvalue weighted by Gasteiger charge is -2.21. The highest BCUT2D eigenvalue weighted by Crippen LogP contribution is 2.21. The maximum atomic E-state index is 12.4. The van der Waals surface area contributed by atoms with Crippen LogP contribution in [0.25, 0.3) is 0 Å². The normalized spacial score (nSPS) is 12.4. The molecule has 0 fully saturated rings. The molecule has 0 aliphatic carbocycles. The summed E-state index contributed by atoms with van der Waals surface area (Å²) in [5, 5.41) is 17.1. The number of carboxylic acid groups (broad SMARTS) is 1. The first-order valence-electron chi connectivity index (χ1n) is 7.83. The van der Waals surface area contributed by atoms with Gasteiger partial charge in [0.2, 0.25) is 0 Å². The van der Waals surface area contributed by atoms with Crippen molar-refractivity contribution in [2.24, 2.45) is 5.92 Å². The lowest BCUT2D eigenvalue weighted by atomic mass is 10.0. The summed E-state index contributed by atoms with van der Waals surface area (Å²) < 4.78 is 0. The highest BCUT2D eigenvalue weighted by Gasteiger charge is 2.25. The maximum absolute atomic E-state index is 12.4. The molecular weight excluding hydrogens is 346 g/mol. The number of nitrogens with one attached hydrogen (secondary N) is 3. The van der Waals surface area contributed by atoms with Crippen molar-refractivity contribution in [3.8, 4) is 0 Å². The van der Waals surface area contributed by atoms with Crippen LogP contribution in [0.15, 0.2) is 18.2 Å². The van der Waals surface area contributed by atoms with E-state index in [1.165, 1.54) is 12.1 Å². The molecule has 0 aliphatic heterocycles. The third-order valence-electron chi connectivity index (χ3n) is 3.18. The smallest absolute Gasteiger partial charge is 0.326 e. The van der Waals surface area contributed by atoms with Gasteiger partial charge in [0, 0.05) is 11.2 Å². The third-order valence-corrected chi connectivity index (χ3v) is 3.51. The van der Waals surface area contributed by atoms with Crippen LogP contribution in [0.5, 0.6) is 0 Å². The Labute approximate surface area is 152 Å². The van der Waals surface area contributed by atoms with Crippen molar-refractivity contribution in [1.29, 1.82) is 0 Å². The van der Waals surface area contributed by atoms with Crippen molar-refractivity contribution >= 4 is 35.2 Å². The molecule has 1 aromatic carbocycles. The van der Waals surface area contributed by atoms with Gasteiger partial charge in [-0.3, -0.25) is 4.79 Å². The zero-order chi connectivity index (χ0) is 19.4. The fourth-order valence-corrected chi connectivity index (χ4v) is 2.22. The lowest BCUT2D eigenvalue weighted by Crippen LogP contribution is -2.44. The molecule has 0 bridgehead atoms. The van der Waals surface area contributed by atoms with Crippen LogP contribution in [-0.4, -0.2) is 34.6 Å². The molecule has 1 rings (SSSR count). The number of carboxylic acids is 1. The van der Waals surface area contributed by atoms with Crippen molar-refractivity contribution in [2.45, 2.75) is 46.2 Å². The molecule has 0 aromatic heterocycles. The largest absolute Gasteiger partial charge is 0.480 e. The molecular formula is C17H24ClN3O4. The van der Waals surface area contributed by atoms with Gasteiger partial charge in [0.15, 0.2) is 0 Å². The van der Waals surface area contributed by atoms with Crippen molar-refractivity contribution in [3.63, 3.8) is 0 Å². The molecule has 0 unspecified atom stereocenters. The summed E-state index contributed by atoms with van der Waals surface area (Å²) in [7, 11) is 0. The molecule has 25 heavy (non-hydrogen) atoms. The number of halogens is 1. The minimum Gasteiger partial charge on any atom is -0.480 e. The predicted molar refractivity (Wildman–Crippen MR) is 97.1 cm³/mol. The first-order valence-corrected chi connectivity index (χ1v) is 8.21. The van der Waals surface area contributed by atoms with Gasteiger partial charge in [0.1, 0.15) is 6.04 Å². The monoisotopic (exact) mass is 369 g/mol. The second-order valence-electron chi connectivity index (χ2n) is 7.06. The lowest BCUT2D eigenvalue weighted by molar-refractivity contribution is -0.140. The number of amides is 3. The van der Waals surface area contributed by atoms with Crippen LogP contribution in [0.2, 0.25) is 5.02 Å². The minimum absolute atomic E-state index is 0.0853. The van der Waals surface area contributed by atoms with Crippen LogP contribution in [0.3, 0.4) is 0 Å². The van der Waals surface area contributed by atoms with Gasteiger partial charge in [-0.25, -0.2) is 9.59 Å². The summed E-state index contributed by atoms with van der Waals surface area (Å²) in [4.78, 5) is 35.5. The van der Waals surface area contributed by atoms with Crippen molar-refractivity contribution in [1.82, 2.24) is 10.6 Å². The van der Waals surface area contributed by atoms with Gasteiger partial charge in [-0.2, -0.15) is 0 Å². The van der Waals surface area contributed by atoms with Gasteiger partial charge < -0.3 is 21.1 Å². The Morgan fingerprint density at radius 3 is 2.24 bits per heavy atom. The summed E-state index contributed by atoms with van der Waals surface area (Å²) in [6.45, 7) is 8.90. The van der Waals surface area contributed by atoms with Gasteiger partial charge in [-0.1, -0.05) is 25.4 Å². The molecule has 0 aliphatic rings. The standard InChI is InChI=1S/C17H24ClN3O4/c1-9(2)13(15(23)24)20-14(22)11-8-10(6-7-12(11)18)19-16(25)21-17(3,4)5/h6-9,13H,1-5H3,(H,20,22)(H,23,24)(H2,19,21,25)/t13-/m1/s1. The van der Waals surface area contributed by atoms with Gasteiger partial charge in [0.25, 0.3) is 5.91 Å². The van der Waals surface area contributed by atoms with Crippen molar-refractivity contribution in [3.05, 3.63) is 28.8 Å². The molecule has 138 valence electrons. The van der Waals surface area contributed by atoms with Gasteiger partial charge in [0.05, 0.1) is 10.6 Å². The van der Waals surface area contributed by atoms with E-state index in [0.717, 1.165) is 0 Å². The Bertz CT molecular complexity index is 668. The summed E-state index contributed by atoms with van der Waals surface area (Å²) in [5.41, 5.74) is 0.0396. The summed E-state index contributed by atoms with van der Waals surface area (Å²) in [5.74, 6) is -2.04. The van der Waals surface area contributed by atoms with E-state index in [4.69, 9.17) is 11.6 Å². The average molecular weight is 370 g/mol. The number of benzene rings is 1. The molecule has 1 aromatic rings. The molecule has 1 atom stereocenters. The second-order valence-corrected chi connectivity index (χ2v) is 7.46. The maximum Gasteiger partial charge on any atom is 0.326 e. The van der Waals surface area contributed by atoms with Crippen LogP contribution in [0, 0.1) is 5.92 Å². The fourth-order valence-electron chi connectivity index (χ4n) is 2.01. The predicted octanol–water partition coefficient (Wildman–Crippen LogP) is 3.10. The molecule has 0 radical (unpaired) electrons. The van der Waals surface area contributed by atoms with E-state index in [-0.39, 0.29) is 16.5 Å². The molecule has 0 spiro atoms. The summed E-state index contributed by atoms with van der Waals surface area (Å²) in [6.07, 6.45) is 0. The highest BCUT2D eigenvalue weighted by molar-refractivity contribution is 6.34. The first-order chi connectivity index (χ1) is 11.4. The van der Waals surface area contributed by atoms with E-state index < -0.39 is 29.5 Å². The van der Waals surface area contributed by atoms with E-state index >= 15 is 0 Å². The number of hydrogen-bond donors (Lipinski definition) is 4. The minimum atomic E-state index is -1.13. The van der Waals surface area contributed by atoms with Crippen LogP contribution < -0.4 is 16.0 Å². The van der Waals surface area contributed by atoms with Gasteiger partial charge in [-0.15, -0.1) is 0 Å². The first kappa shape index (κ1) is 20.8. The highest BCUT2D eigenvalue weighted by atomic mass is 35.5. The fraction of sp³-hybridized carbons (Fsp3) is 0.471. The number of aliphatic carboxylic acids is 1. The van der Waals surface area contributed by atoms with Crippen LogP contribution in [-0.2, 0) is 4.79 Å². The topological polar surface area (TPSA) is 108 Å². The van der Waals surface area contributed by atoms with Crippen LogP contribution in [0.4, 0.5) is 10.5 Å². The Hall–Kier alpha value is -2.28. The zero-order valence-electron chi connectivity index (χ0n) is 14.9. The summed E-state index contributed by atoms with van der Waals surface area (Å²) in [6, 6.07) is 2.96. The molecule has 0 saturated heterocycles. The van der Waals surface area contributed by atoms with E-state index in [1.807, 2.05) is 20.8 Å². The Morgan fingerprint density at radius 2 is 1.76 bits per heavy atom. The number of anilines is 1. The Morgan fingerprint density at radius 1 is 1.16 bits per heavy atom. The number of urea groups is 1. The number of hydrogen-bond acceptors (Lipinski definition) is 3. The Kier molecular flexibility index (Phi) is 6.81. The van der Waals surface area contributed by atoms with Crippen LogP contribution >= 0.6 is 11.6 Å². The SMILES string of the molecule is CC(C)[C@@H](NC(=O)c1cc(NC(=O)NC(C)(C)C)ccc1Cl)C(=O)O. The van der Waals surface area contributed by atoms with Crippen LogP contribution in [0.1, 0.15) is 45.0 Å². The Balaban J connectivity index is 2.95. The van der Waals surface area contributed by atoms with E-state index in [9.17, 15) is 19.5 Å². The zero-order valence-corrected chi connectivity index (χ0v) is 15.7. The van der Waals surface area contributed by atoms with Crippen molar-refractivity contribution in [2.75, 3.05) is 5.32 Å². The second kappa shape index (κ2) is 8.20. The van der Waals surface area contributed by atoms with Crippen molar-refractivity contribution < 1.29 is 19.5 Å². The molecule has 0 heterocycles. The van der Waals surface area contributed by atoms with Gasteiger partial charge in [-0.05, 0) is 44.9 Å². The molecule has 0 saturated carbocycles. The third kappa shape index (κ3) is 6.62. The molecule has 8 heteroatoms. The molecule has 3 amide bonds. The summed E-state index contributed by atoms with van der Waals surface area (Å²) >= 11 is 6.04.